The lowest BCUT2D eigenvalue weighted by Crippen LogP contribution is -2.48. The van der Waals surface area contributed by atoms with E-state index in [4.69, 9.17) is 4.74 Å². The molecule has 0 saturated carbocycles. The van der Waals surface area contributed by atoms with Crippen molar-refractivity contribution in [2.45, 2.75) is 38.4 Å². The average Bonchev–Trinajstić information content (AvgIpc) is 2.93. The lowest BCUT2D eigenvalue weighted by molar-refractivity contribution is -0.138. The normalized spacial score (nSPS) is 17.0. The van der Waals surface area contributed by atoms with Gasteiger partial charge in [-0.3, -0.25) is 0 Å². The molecule has 3 aromatic rings. The Balaban J connectivity index is 1.76. The van der Waals surface area contributed by atoms with Crippen LogP contribution in [0.4, 0.5) is 30.7 Å². The summed E-state index contributed by atoms with van der Waals surface area (Å²) in [6.45, 7) is 1.56. The summed E-state index contributed by atoms with van der Waals surface area (Å²) in [6.07, 6.45) is -9.02. The molecular weight excluding hydrogens is 555 g/mol. The van der Waals surface area contributed by atoms with E-state index in [9.17, 15) is 35.5 Å². The van der Waals surface area contributed by atoms with Gasteiger partial charge in [0.05, 0.1) is 42.9 Å². The second-order valence-electron chi connectivity index (χ2n) is 9.23. The first-order valence-corrected chi connectivity index (χ1v) is 12.2. The van der Waals surface area contributed by atoms with Gasteiger partial charge in [0, 0.05) is 5.70 Å². The highest BCUT2D eigenvalue weighted by Crippen LogP contribution is 2.34. The van der Waals surface area contributed by atoms with E-state index in [1.54, 1.807) is 11.8 Å². The van der Waals surface area contributed by atoms with Crippen LogP contribution >= 0.6 is 0 Å². The maximum absolute atomic E-state index is 13.6. The SMILES string of the molecule is COC(=O)C1=C(C)N(Cc2ccc(C(F)(F)F)cc2)C(=NCc2ccc(C(F)(F)F)cc2)NC1c1ccc(F)cc1. The van der Waals surface area contributed by atoms with Gasteiger partial charge in [-0.25, -0.2) is 14.2 Å². The molecule has 0 saturated heterocycles. The average molecular weight is 580 g/mol. The number of carbonyl (C=O) groups excluding carboxylic acids is 1. The Morgan fingerprint density at radius 3 is 1.85 bits per heavy atom. The third-order valence-corrected chi connectivity index (χ3v) is 6.54. The number of aliphatic imine (C=N–C) groups is 1. The van der Waals surface area contributed by atoms with Crippen LogP contribution in [0.3, 0.4) is 0 Å². The van der Waals surface area contributed by atoms with Crippen molar-refractivity contribution in [2.75, 3.05) is 7.11 Å². The number of guanidine groups is 1. The number of benzene rings is 3. The second-order valence-corrected chi connectivity index (χ2v) is 9.23. The zero-order valence-electron chi connectivity index (χ0n) is 21.8. The minimum Gasteiger partial charge on any atom is -0.466 e. The quantitative estimate of drug-likeness (QED) is 0.252. The van der Waals surface area contributed by atoms with E-state index < -0.39 is 41.3 Å². The first-order chi connectivity index (χ1) is 19.3. The summed E-state index contributed by atoms with van der Waals surface area (Å²) in [5.74, 6) is -0.988. The molecule has 0 aromatic heterocycles. The van der Waals surface area contributed by atoms with Crippen molar-refractivity contribution in [1.82, 2.24) is 10.2 Å². The standard InChI is InChI=1S/C29H24F7N3O2/c1-17-24(26(40)41-2)25(20-7-13-23(30)14-8-20)38-27(37-15-18-3-9-21(10-4-18)28(31,32)33)39(17)16-19-5-11-22(12-6-19)29(34,35)36/h3-14,25H,15-16H2,1-2H3,(H,37,38). The molecule has 1 atom stereocenters. The van der Waals surface area contributed by atoms with Crippen molar-refractivity contribution in [3.63, 3.8) is 0 Å². The van der Waals surface area contributed by atoms with Gasteiger partial charge in [0.2, 0.25) is 0 Å². The van der Waals surface area contributed by atoms with Crippen LogP contribution in [0.2, 0.25) is 0 Å². The van der Waals surface area contributed by atoms with E-state index >= 15 is 0 Å². The molecule has 4 rings (SSSR count). The third kappa shape index (κ3) is 6.87. The van der Waals surface area contributed by atoms with Crippen molar-refractivity contribution < 1.29 is 40.3 Å². The molecule has 1 heterocycles. The predicted molar refractivity (Wildman–Crippen MR) is 137 cm³/mol. The van der Waals surface area contributed by atoms with Crippen molar-refractivity contribution in [2.24, 2.45) is 4.99 Å². The minimum absolute atomic E-state index is 0.000548. The fourth-order valence-corrected chi connectivity index (χ4v) is 4.34. The molecule has 0 radical (unpaired) electrons. The molecule has 0 bridgehead atoms. The Bertz CT molecular complexity index is 1440. The highest BCUT2D eigenvalue weighted by Gasteiger charge is 2.36. The number of esters is 1. The molecule has 0 fully saturated rings. The van der Waals surface area contributed by atoms with E-state index in [0.29, 0.717) is 22.4 Å². The van der Waals surface area contributed by atoms with Gasteiger partial charge in [-0.1, -0.05) is 36.4 Å². The van der Waals surface area contributed by atoms with Gasteiger partial charge in [-0.05, 0) is 60.0 Å². The molecule has 0 aliphatic carbocycles. The number of nitrogens with one attached hydrogen (secondary N) is 1. The number of nitrogens with zero attached hydrogens (tertiary/aromatic N) is 2. The highest BCUT2D eigenvalue weighted by molar-refractivity contribution is 5.96. The van der Waals surface area contributed by atoms with Crippen LogP contribution in [0.15, 0.2) is 89.1 Å². The number of ether oxygens (including phenoxy) is 1. The van der Waals surface area contributed by atoms with Gasteiger partial charge >= 0.3 is 18.3 Å². The van der Waals surface area contributed by atoms with E-state index in [1.165, 1.54) is 55.6 Å². The topological polar surface area (TPSA) is 53.9 Å². The van der Waals surface area contributed by atoms with Crippen molar-refractivity contribution in [3.8, 4) is 0 Å². The van der Waals surface area contributed by atoms with Crippen LogP contribution in [-0.2, 0) is 35.0 Å². The van der Waals surface area contributed by atoms with Gasteiger partial charge in [-0.15, -0.1) is 0 Å². The second kappa shape index (κ2) is 11.6. The summed E-state index contributed by atoms with van der Waals surface area (Å²) >= 11 is 0. The predicted octanol–water partition coefficient (Wildman–Crippen LogP) is 7.01. The first kappa shape index (κ1) is 29.6. The van der Waals surface area contributed by atoms with Crippen molar-refractivity contribution in [1.29, 1.82) is 0 Å². The summed E-state index contributed by atoms with van der Waals surface area (Å²) in [6, 6.07) is 13.5. The van der Waals surface area contributed by atoms with E-state index in [1.807, 2.05) is 0 Å². The van der Waals surface area contributed by atoms with Gasteiger partial charge < -0.3 is 15.0 Å². The summed E-state index contributed by atoms with van der Waals surface area (Å²) in [5.41, 5.74) is 0.323. The summed E-state index contributed by atoms with van der Waals surface area (Å²) in [5, 5.41) is 3.13. The van der Waals surface area contributed by atoms with Crippen LogP contribution in [0, 0.1) is 5.82 Å². The molecule has 5 nitrogen and oxygen atoms in total. The zero-order chi connectivity index (χ0) is 29.9. The number of alkyl halides is 6. The summed E-state index contributed by atoms with van der Waals surface area (Å²) in [4.78, 5) is 19.0. The number of carbonyl (C=O) groups is 1. The fraction of sp³-hybridized carbons (Fsp3) is 0.241. The zero-order valence-corrected chi connectivity index (χ0v) is 21.8. The van der Waals surface area contributed by atoms with Crippen LogP contribution in [0.5, 0.6) is 0 Å². The van der Waals surface area contributed by atoms with Gasteiger partial charge in [0.15, 0.2) is 5.96 Å². The molecule has 1 aliphatic rings. The van der Waals surface area contributed by atoms with Gasteiger partial charge in [-0.2, -0.15) is 26.3 Å². The highest BCUT2D eigenvalue weighted by atomic mass is 19.4. The molecule has 1 unspecified atom stereocenters. The Hall–Kier alpha value is -4.35. The number of methoxy groups -OCH3 is 1. The minimum atomic E-state index is -4.52. The fourth-order valence-electron chi connectivity index (χ4n) is 4.34. The first-order valence-electron chi connectivity index (χ1n) is 12.2. The van der Waals surface area contributed by atoms with E-state index in [0.717, 1.165) is 24.3 Å². The van der Waals surface area contributed by atoms with Gasteiger partial charge in [0.1, 0.15) is 5.82 Å². The van der Waals surface area contributed by atoms with Crippen LogP contribution in [-0.4, -0.2) is 23.9 Å². The summed E-state index contributed by atoms with van der Waals surface area (Å²) < 4.78 is 96.8. The van der Waals surface area contributed by atoms with Gasteiger partial charge in [0.25, 0.3) is 0 Å². The van der Waals surface area contributed by atoms with Crippen LogP contribution in [0.1, 0.15) is 40.8 Å². The lowest BCUT2D eigenvalue weighted by atomic mass is 9.94. The molecule has 12 heteroatoms. The summed E-state index contributed by atoms with van der Waals surface area (Å²) in [7, 11) is 1.19. The third-order valence-electron chi connectivity index (χ3n) is 6.54. The Morgan fingerprint density at radius 2 is 1.37 bits per heavy atom. The van der Waals surface area contributed by atoms with Crippen LogP contribution < -0.4 is 5.32 Å². The molecule has 1 N–H and O–H groups in total. The largest absolute Gasteiger partial charge is 0.466 e. The number of halogens is 7. The van der Waals surface area contributed by atoms with Crippen LogP contribution in [0.25, 0.3) is 0 Å². The Kier molecular flexibility index (Phi) is 8.41. The molecular formula is C29H24F7N3O2. The molecule has 3 aromatic carbocycles. The molecule has 41 heavy (non-hydrogen) atoms. The number of hydrogen-bond acceptors (Lipinski definition) is 3. The number of hydrogen-bond donors (Lipinski definition) is 1. The Labute approximate surface area is 231 Å². The lowest BCUT2D eigenvalue weighted by Gasteiger charge is -2.38. The molecule has 216 valence electrons. The molecule has 0 amide bonds. The number of rotatable bonds is 6. The Morgan fingerprint density at radius 1 is 0.854 bits per heavy atom. The maximum Gasteiger partial charge on any atom is 0.416 e. The van der Waals surface area contributed by atoms with E-state index in [-0.39, 0.29) is 24.6 Å². The van der Waals surface area contributed by atoms with Crippen molar-refractivity contribution in [3.05, 3.63) is 118 Å². The smallest absolute Gasteiger partial charge is 0.416 e. The van der Waals surface area contributed by atoms with E-state index in [2.05, 4.69) is 10.3 Å². The number of allylic oxidation sites excluding steroid dienone is 1. The molecule has 1 aliphatic heterocycles. The maximum atomic E-state index is 13.6. The monoisotopic (exact) mass is 579 g/mol. The van der Waals surface area contributed by atoms with Crippen molar-refractivity contribution >= 4 is 11.9 Å². The molecule has 0 spiro atoms.